The molecule has 9 heavy (non-hydrogen) atoms. The van der Waals surface area contributed by atoms with E-state index in [2.05, 4.69) is 0 Å². The zero-order valence-corrected chi connectivity index (χ0v) is 5.84. The molecule has 1 aliphatic rings. The van der Waals surface area contributed by atoms with E-state index in [1.54, 1.807) is 0 Å². The Kier molecular flexibility index (Phi) is 2.49. The van der Waals surface area contributed by atoms with Gasteiger partial charge in [-0.25, -0.2) is 0 Å². The molecule has 2 heteroatoms. The average Bonchev–Trinajstić information content (AvgIpc) is 1.89. The van der Waals surface area contributed by atoms with Crippen molar-refractivity contribution in [2.45, 2.75) is 38.4 Å². The lowest BCUT2D eigenvalue weighted by Gasteiger charge is -2.26. The van der Waals surface area contributed by atoms with Crippen LogP contribution in [-0.4, -0.2) is 23.9 Å². The van der Waals surface area contributed by atoms with Gasteiger partial charge in [-0.15, -0.1) is 0 Å². The molecule has 0 amide bonds. The molecule has 1 rings (SSSR count). The molecule has 54 valence electrons. The maximum atomic E-state index is 9.24. The summed E-state index contributed by atoms with van der Waals surface area (Å²) in [6, 6.07) is 0. The highest BCUT2D eigenvalue weighted by Crippen LogP contribution is 2.15. The number of hydrogen-bond donors (Lipinski definition) is 1. The molecule has 0 unspecified atom stereocenters. The van der Waals surface area contributed by atoms with Gasteiger partial charge in [-0.3, -0.25) is 0 Å². The monoisotopic (exact) mass is 130 g/mol. The summed E-state index contributed by atoms with van der Waals surface area (Å²) < 4.78 is 5.29. The Balaban J connectivity index is 2.30. The lowest BCUT2D eigenvalue weighted by molar-refractivity contribution is -0.0745. The number of aliphatic hydroxyl groups excluding tert-OH is 1. The van der Waals surface area contributed by atoms with Crippen molar-refractivity contribution in [3.05, 3.63) is 0 Å². The van der Waals surface area contributed by atoms with E-state index in [0.717, 1.165) is 25.9 Å². The van der Waals surface area contributed by atoms with Gasteiger partial charge in [0.2, 0.25) is 0 Å². The van der Waals surface area contributed by atoms with E-state index in [0.29, 0.717) is 0 Å². The summed E-state index contributed by atoms with van der Waals surface area (Å²) in [6.07, 6.45) is 2.76. The highest BCUT2D eigenvalue weighted by atomic mass is 16.5. The summed E-state index contributed by atoms with van der Waals surface area (Å²) in [4.78, 5) is 0. The molecule has 2 nitrogen and oxygen atoms in total. The van der Waals surface area contributed by atoms with Gasteiger partial charge in [0.05, 0.1) is 12.2 Å². The minimum Gasteiger partial charge on any atom is -0.390 e. The first-order chi connectivity index (χ1) is 4.34. The summed E-state index contributed by atoms with van der Waals surface area (Å²) >= 11 is 0. The molecule has 1 aliphatic heterocycles. The summed E-state index contributed by atoms with van der Waals surface area (Å²) in [6.45, 7) is 2.87. The van der Waals surface area contributed by atoms with Crippen molar-refractivity contribution in [1.29, 1.82) is 0 Å². The number of rotatable bonds is 1. The van der Waals surface area contributed by atoms with E-state index in [1.807, 2.05) is 6.92 Å². The van der Waals surface area contributed by atoms with Crippen LogP contribution in [0.25, 0.3) is 0 Å². The molecule has 0 radical (unpaired) electrons. The van der Waals surface area contributed by atoms with E-state index < -0.39 is 0 Å². The predicted octanol–water partition coefficient (Wildman–Crippen LogP) is 0.936. The molecule has 2 atom stereocenters. The molecule has 1 heterocycles. The third-order valence-corrected chi connectivity index (χ3v) is 1.81. The molecule has 0 aromatic rings. The van der Waals surface area contributed by atoms with Gasteiger partial charge in [0.25, 0.3) is 0 Å². The molecule has 1 saturated heterocycles. The van der Waals surface area contributed by atoms with Crippen LogP contribution < -0.4 is 0 Å². The van der Waals surface area contributed by atoms with Gasteiger partial charge in [-0.05, 0) is 19.3 Å². The van der Waals surface area contributed by atoms with Crippen molar-refractivity contribution in [2.24, 2.45) is 0 Å². The third-order valence-electron chi connectivity index (χ3n) is 1.81. The number of aliphatic hydroxyl groups is 1. The topological polar surface area (TPSA) is 29.5 Å². The molecular formula is C7H14O2. The van der Waals surface area contributed by atoms with Crippen LogP contribution in [0.3, 0.4) is 0 Å². The van der Waals surface area contributed by atoms with Crippen molar-refractivity contribution in [3.63, 3.8) is 0 Å². The second-order valence-electron chi connectivity index (χ2n) is 2.53. The van der Waals surface area contributed by atoms with Gasteiger partial charge < -0.3 is 9.84 Å². The van der Waals surface area contributed by atoms with Crippen molar-refractivity contribution in [2.75, 3.05) is 6.61 Å². The van der Waals surface area contributed by atoms with E-state index >= 15 is 0 Å². The van der Waals surface area contributed by atoms with Gasteiger partial charge in [-0.2, -0.15) is 0 Å². The Bertz CT molecular complexity index is 83.0. The minimum absolute atomic E-state index is 0.110. The van der Waals surface area contributed by atoms with E-state index in [-0.39, 0.29) is 12.2 Å². The second-order valence-corrected chi connectivity index (χ2v) is 2.53. The Labute approximate surface area is 55.8 Å². The zero-order valence-electron chi connectivity index (χ0n) is 5.84. The fourth-order valence-electron chi connectivity index (χ4n) is 1.21. The largest absolute Gasteiger partial charge is 0.390 e. The first-order valence-electron chi connectivity index (χ1n) is 3.64. The molecule has 0 aliphatic carbocycles. The van der Waals surface area contributed by atoms with Gasteiger partial charge in [-0.1, -0.05) is 6.92 Å². The molecule has 0 spiro atoms. The smallest absolute Gasteiger partial charge is 0.0831 e. The molecule has 0 saturated carbocycles. The van der Waals surface area contributed by atoms with Crippen LogP contribution in [0.1, 0.15) is 26.2 Å². The summed E-state index contributed by atoms with van der Waals surface area (Å²) in [7, 11) is 0. The predicted molar refractivity (Wildman–Crippen MR) is 35.3 cm³/mol. The SMILES string of the molecule is CC[C@H]1OCCC[C@@H]1O. The lowest BCUT2D eigenvalue weighted by Crippen LogP contribution is -2.33. The van der Waals surface area contributed by atoms with Crippen LogP contribution in [-0.2, 0) is 4.74 Å². The normalized spacial score (nSPS) is 36.7. The van der Waals surface area contributed by atoms with Crippen LogP contribution in [0.4, 0.5) is 0 Å². The summed E-state index contributed by atoms with van der Waals surface area (Å²) in [5.74, 6) is 0. The first kappa shape index (κ1) is 7.03. The molecule has 0 bridgehead atoms. The van der Waals surface area contributed by atoms with Crippen molar-refractivity contribution < 1.29 is 9.84 Å². The summed E-state index contributed by atoms with van der Waals surface area (Å²) in [5, 5.41) is 9.24. The average molecular weight is 130 g/mol. The minimum atomic E-state index is -0.205. The highest BCUT2D eigenvalue weighted by molar-refractivity contribution is 4.71. The molecule has 1 fully saturated rings. The Morgan fingerprint density at radius 3 is 2.89 bits per heavy atom. The van der Waals surface area contributed by atoms with E-state index in [9.17, 15) is 5.11 Å². The van der Waals surface area contributed by atoms with Crippen LogP contribution >= 0.6 is 0 Å². The van der Waals surface area contributed by atoms with Crippen LogP contribution in [0.5, 0.6) is 0 Å². The maximum absolute atomic E-state index is 9.24. The van der Waals surface area contributed by atoms with Crippen molar-refractivity contribution >= 4 is 0 Å². The quantitative estimate of drug-likeness (QED) is 0.572. The van der Waals surface area contributed by atoms with Gasteiger partial charge in [0.15, 0.2) is 0 Å². The molecule has 0 aromatic heterocycles. The fourth-order valence-corrected chi connectivity index (χ4v) is 1.21. The second kappa shape index (κ2) is 3.18. The maximum Gasteiger partial charge on any atom is 0.0831 e. The summed E-state index contributed by atoms with van der Waals surface area (Å²) in [5.41, 5.74) is 0. The Morgan fingerprint density at radius 2 is 2.44 bits per heavy atom. The number of ether oxygens (including phenoxy) is 1. The van der Waals surface area contributed by atoms with Gasteiger partial charge >= 0.3 is 0 Å². The zero-order chi connectivity index (χ0) is 6.69. The third kappa shape index (κ3) is 1.66. The Hall–Kier alpha value is -0.0800. The van der Waals surface area contributed by atoms with Crippen LogP contribution in [0, 0.1) is 0 Å². The molecule has 1 N–H and O–H groups in total. The van der Waals surface area contributed by atoms with E-state index in [4.69, 9.17) is 4.74 Å². The number of hydrogen-bond acceptors (Lipinski definition) is 2. The lowest BCUT2D eigenvalue weighted by atomic mass is 10.0. The van der Waals surface area contributed by atoms with Gasteiger partial charge in [0, 0.05) is 6.61 Å². The van der Waals surface area contributed by atoms with Gasteiger partial charge in [0.1, 0.15) is 0 Å². The van der Waals surface area contributed by atoms with Crippen LogP contribution in [0.15, 0.2) is 0 Å². The standard InChI is InChI=1S/C7H14O2/c1-2-7-6(8)4-3-5-9-7/h6-8H,2-5H2,1H3/t6-,7+/m0/s1. The molecular weight excluding hydrogens is 116 g/mol. The molecule has 0 aromatic carbocycles. The first-order valence-corrected chi connectivity index (χ1v) is 3.64. The van der Waals surface area contributed by atoms with Crippen LogP contribution in [0.2, 0.25) is 0 Å². The highest BCUT2D eigenvalue weighted by Gasteiger charge is 2.21. The Morgan fingerprint density at radius 1 is 1.67 bits per heavy atom. The van der Waals surface area contributed by atoms with Crippen molar-refractivity contribution in [3.8, 4) is 0 Å². The van der Waals surface area contributed by atoms with E-state index in [1.165, 1.54) is 0 Å². The fraction of sp³-hybridized carbons (Fsp3) is 1.00. The van der Waals surface area contributed by atoms with Crippen molar-refractivity contribution in [1.82, 2.24) is 0 Å².